The van der Waals surface area contributed by atoms with E-state index >= 15 is 0 Å². The van der Waals surface area contributed by atoms with Gasteiger partial charge < -0.3 is 0 Å². The van der Waals surface area contributed by atoms with Crippen molar-refractivity contribution in [2.45, 2.75) is 12.3 Å². The molecule has 3 heteroatoms. The number of hydrogen-bond donors (Lipinski definition) is 0. The van der Waals surface area contributed by atoms with Gasteiger partial charge in [-0.25, -0.2) is 15.0 Å². The Morgan fingerprint density at radius 2 is 0.933 bits per heavy atom. The Morgan fingerprint density at radius 3 is 1.55 bits per heavy atom. The first-order valence-electron chi connectivity index (χ1n) is 20.5. The van der Waals surface area contributed by atoms with E-state index in [1.807, 2.05) is 13.0 Å². The molecule has 0 aliphatic heterocycles. The molecule has 1 aliphatic rings. The largest absolute Gasteiger partial charge is 0.208 e. The van der Waals surface area contributed by atoms with Crippen LogP contribution in [0.3, 0.4) is 0 Å². The van der Waals surface area contributed by atoms with Crippen LogP contribution in [0, 0.1) is 0 Å². The van der Waals surface area contributed by atoms with Crippen molar-refractivity contribution in [1.29, 1.82) is 0 Å². The number of nitrogens with zero attached hydrogens (tertiary/aromatic N) is 3. The summed E-state index contributed by atoms with van der Waals surface area (Å²) in [6, 6.07) is 65.0. The first kappa shape index (κ1) is 35.4. The molecule has 1 aromatic heterocycles. The van der Waals surface area contributed by atoms with E-state index < -0.39 is 5.41 Å². The lowest BCUT2D eigenvalue weighted by Gasteiger charge is -2.34. The van der Waals surface area contributed by atoms with E-state index in [0.717, 1.165) is 65.7 Å². The summed E-state index contributed by atoms with van der Waals surface area (Å²) in [6.45, 7) is 6.84. The Bertz CT molecular complexity index is 3280. The molecule has 3 nitrogen and oxygen atoms in total. The highest BCUT2D eigenvalue weighted by atomic mass is 15.0. The van der Waals surface area contributed by atoms with Crippen LogP contribution in [0.25, 0.3) is 88.4 Å². The molecule has 1 atom stereocenters. The predicted octanol–water partition coefficient (Wildman–Crippen LogP) is 14.5. The number of hydrogen-bond acceptors (Lipinski definition) is 3. The quantitative estimate of drug-likeness (QED) is 0.120. The van der Waals surface area contributed by atoms with Gasteiger partial charge in [-0.15, -0.1) is 0 Å². The van der Waals surface area contributed by atoms with E-state index in [2.05, 4.69) is 200 Å². The Labute approximate surface area is 349 Å². The molecule has 0 radical (unpaired) electrons. The van der Waals surface area contributed by atoms with Crippen molar-refractivity contribution in [2.24, 2.45) is 0 Å². The average Bonchev–Trinajstić information content (AvgIpc) is 3.61. The summed E-state index contributed by atoms with van der Waals surface area (Å²) in [5.41, 5.74) is 9.07. The molecule has 11 rings (SSSR count). The third-order valence-electron chi connectivity index (χ3n) is 12.2. The molecule has 1 heterocycles. The smallest absolute Gasteiger partial charge is 0.164 e. The van der Waals surface area contributed by atoms with Gasteiger partial charge in [0.05, 0.1) is 5.41 Å². The highest BCUT2D eigenvalue weighted by Crippen LogP contribution is 2.57. The summed E-state index contributed by atoms with van der Waals surface area (Å²) in [5, 5.41) is 9.20. The topological polar surface area (TPSA) is 38.7 Å². The lowest BCUT2D eigenvalue weighted by Crippen LogP contribution is -2.28. The Kier molecular flexibility index (Phi) is 8.42. The van der Waals surface area contributed by atoms with Gasteiger partial charge in [0.25, 0.3) is 0 Å². The fourth-order valence-electron chi connectivity index (χ4n) is 9.58. The Balaban J connectivity index is 1.21. The van der Waals surface area contributed by atoms with E-state index in [-0.39, 0.29) is 0 Å². The van der Waals surface area contributed by atoms with Crippen molar-refractivity contribution in [1.82, 2.24) is 15.0 Å². The molecule has 282 valence electrons. The van der Waals surface area contributed by atoms with Gasteiger partial charge in [-0.05, 0) is 102 Å². The van der Waals surface area contributed by atoms with Crippen LogP contribution < -0.4 is 0 Å². The van der Waals surface area contributed by atoms with Crippen LogP contribution in [0.2, 0.25) is 0 Å². The molecule has 1 aliphatic carbocycles. The fraction of sp³-hybridized carbons (Fsp3) is 0.0351. The van der Waals surface area contributed by atoms with E-state index in [1.54, 1.807) is 0 Å². The summed E-state index contributed by atoms with van der Waals surface area (Å²) >= 11 is 0. The lowest BCUT2D eigenvalue weighted by atomic mass is 9.67. The van der Waals surface area contributed by atoms with Crippen molar-refractivity contribution in [3.05, 3.63) is 235 Å². The zero-order valence-corrected chi connectivity index (χ0v) is 33.2. The zero-order chi connectivity index (χ0) is 40.2. The lowest BCUT2D eigenvalue weighted by molar-refractivity contribution is 0.770. The summed E-state index contributed by atoms with van der Waals surface area (Å²) in [5.74, 6) is 1.87. The van der Waals surface area contributed by atoms with E-state index in [4.69, 9.17) is 21.5 Å². The molecule has 9 aromatic carbocycles. The average molecular weight is 766 g/mol. The first-order chi connectivity index (χ1) is 29.6. The normalized spacial score (nSPS) is 14.8. The SMILES string of the molecule is C=C(/C=C\C=C/C)C1(c2ccccc2)c2ccccc2-c2ccc(-c3nc(-c4cc5ccccc5c5ccccc45)nc(-c4cc5ccccc5c5ccccc45)n3)cc21. The molecule has 0 spiro atoms. The van der Waals surface area contributed by atoms with Gasteiger partial charge in [-0.3, -0.25) is 0 Å². The molecular weight excluding hydrogens is 727 g/mol. The maximum atomic E-state index is 5.43. The number of benzene rings is 9. The molecule has 0 saturated heterocycles. The van der Waals surface area contributed by atoms with Crippen molar-refractivity contribution < 1.29 is 0 Å². The van der Waals surface area contributed by atoms with E-state index in [0.29, 0.717) is 17.5 Å². The minimum absolute atomic E-state index is 0.611. The highest BCUT2D eigenvalue weighted by molar-refractivity contribution is 6.15. The Hall–Kier alpha value is -7.75. The van der Waals surface area contributed by atoms with E-state index in [9.17, 15) is 0 Å². The summed E-state index contributed by atoms with van der Waals surface area (Å²) in [7, 11) is 0. The van der Waals surface area contributed by atoms with Gasteiger partial charge >= 0.3 is 0 Å². The van der Waals surface area contributed by atoms with Crippen molar-refractivity contribution in [2.75, 3.05) is 0 Å². The first-order valence-corrected chi connectivity index (χ1v) is 20.5. The molecule has 0 fully saturated rings. The maximum absolute atomic E-state index is 5.43. The minimum Gasteiger partial charge on any atom is -0.208 e. The van der Waals surface area contributed by atoms with Gasteiger partial charge in [0.2, 0.25) is 0 Å². The molecule has 60 heavy (non-hydrogen) atoms. The maximum Gasteiger partial charge on any atom is 0.164 e. The van der Waals surface area contributed by atoms with Crippen LogP contribution in [0.5, 0.6) is 0 Å². The fourth-order valence-corrected chi connectivity index (χ4v) is 9.58. The number of aromatic nitrogens is 3. The molecule has 1 unspecified atom stereocenters. The molecule has 10 aromatic rings. The van der Waals surface area contributed by atoms with Crippen molar-refractivity contribution in [3.8, 4) is 45.3 Å². The Morgan fingerprint density at radius 1 is 0.433 bits per heavy atom. The second kappa shape index (κ2) is 14.3. The molecule has 0 saturated carbocycles. The van der Waals surface area contributed by atoms with Gasteiger partial charge in [-0.1, -0.05) is 195 Å². The third kappa shape index (κ3) is 5.47. The van der Waals surface area contributed by atoms with Gasteiger partial charge in [-0.2, -0.15) is 0 Å². The highest BCUT2D eigenvalue weighted by Gasteiger charge is 2.46. The van der Waals surface area contributed by atoms with Gasteiger partial charge in [0.15, 0.2) is 17.5 Å². The molecule has 0 N–H and O–H groups in total. The van der Waals surface area contributed by atoms with Crippen LogP contribution in [0.4, 0.5) is 0 Å². The second-order valence-electron chi connectivity index (χ2n) is 15.5. The molecular formula is C57H39N3. The van der Waals surface area contributed by atoms with Crippen LogP contribution in [-0.2, 0) is 5.41 Å². The van der Waals surface area contributed by atoms with Crippen LogP contribution in [-0.4, -0.2) is 15.0 Å². The van der Waals surface area contributed by atoms with Crippen LogP contribution in [0.15, 0.2) is 218 Å². The number of rotatable bonds is 7. The molecule has 0 amide bonds. The second-order valence-corrected chi connectivity index (χ2v) is 15.5. The molecule has 0 bridgehead atoms. The van der Waals surface area contributed by atoms with Crippen molar-refractivity contribution >= 4 is 43.1 Å². The predicted molar refractivity (Wildman–Crippen MR) is 251 cm³/mol. The van der Waals surface area contributed by atoms with Crippen molar-refractivity contribution in [3.63, 3.8) is 0 Å². The summed E-state index contributed by atoms with van der Waals surface area (Å²) in [4.78, 5) is 16.3. The third-order valence-corrected chi connectivity index (χ3v) is 12.2. The number of allylic oxidation sites excluding steroid dienone is 5. The van der Waals surface area contributed by atoms with Crippen LogP contribution >= 0.6 is 0 Å². The summed E-state index contributed by atoms with van der Waals surface area (Å²) in [6.07, 6.45) is 8.34. The van der Waals surface area contributed by atoms with Gasteiger partial charge in [0, 0.05) is 16.7 Å². The summed E-state index contributed by atoms with van der Waals surface area (Å²) < 4.78 is 0. The number of fused-ring (bicyclic) bond motifs is 9. The standard InChI is InChI=1S/C57H39N3/c1-3-4-6-19-37(2)57(41-22-7-5-8-23-41)52-31-18-17-30-48(52)49-33-32-40(36-53(49)57)54-58-55(50-34-38-20-9-11-24-42(38)44-26-13-15-28-46(44)50)60-56(59-54)51-35-39-21-10-12-25-43(39)45-27-14-16-29-47(45)51/h3-36H,2H2,1H3/b4-3-,19-6-. The zero-order valence-electron chi connectivity index (χ0n) is 33.2. The monoisotopic (exact) mass is 765 g/mol. The van der Waals surface area contributed by atoms with E-state index in [1.165, 1.54) is 27.5 Å². The van der Waals surface area contributed by atoms with Crippen LogP contribution in [0.1, 0.15) is 23.6 Å². The van der Waals surface area contributed by atoms with Gasteiger partial charge in [0.1, 0.15) is 0 Å². The minimum atomic E-state index is -0.650.